The van der Waals surface area contributed by atoms with Crippen LogP contribution in [0.4, 0.5) is 17.1 Å². The number of methoxy groups -OCH3 is 1. The minimum atomic E-state index is -4.38. The van der Waals surface area contributed by atoms with Gasteiger partial charge in [0.2, 0.25) is 0 Å². The lowest BCUT2D eigenvalue weighted by atomic mass is 9.91. The van der Waals surface area contributed by atoms with E-state index in [0.717, 1.165) is 81.9 Å². The molecule has 71 heavy (non-hydrogen) atoms. The number of thiol groups is 1. The first-order chi connectivity index (χ1) is 34.1. The number of hydrogen-bond donors (Lipinski definition) is 2. The zero-order valence-corrected chi connectivity index (χ0v) is 43.0. The van der Waals surface area contributed by atoms with E-state index in [0.29, 0.717) is 68.6 Å². The van der Waals surface area contributed by atoms with Gasteiger partial charge in [0.15, 0.2) is 11.5 Å². The van der Waals surface area contributed by atoms with Crippen molar-refractivity contribution in [1.82, 2.24) is 0 Å². The van der Waals surface area contributed by atoms with E-state index in [1.807, 2.05) is 66.4 Å². The van der Waals surface area contributed by atoms with E-state index in [1.165, 1.54) is 12.7 Å². The number of carbonyl (C=O) groups excluding carboxylic acids is 2. The maximum Gasteiger partial charge on any atom is 0.265 e. The highest BCUT2D eigenvalue weighted by Crippen LogP contribution is 2.44. The molecule has 0 aliphatic carbocycles. The van der Waals surface area contributed by atoms with Gasteiger partial charge in [-0.2, -0.15) is 21.0 Å². The zero-order chi connectivity index (χ0) is 50.0. The monoisotopic (exact) mass is 1000 g/mol. The molecule has 0 spiro atoms. The first-order valence-electron chi connectivity index (χ1n) is 24.7. The van der Waals surface area contributed by atoms with Crippen LogP contribution >= 0.6 is 12.6 Å². The van der Waals surface area contributed by atoms with Crippen LogP contribution in [-0.4, -0.2) is 94.0 Å². The Morgan fingerprint density at radius 2 is 1.35 bits per heavy atom. The molecule has 9 rings (SSSR count). The van der Waals surface area contributed by atoms with E-state index in [2.05, 4.69) is 49.9 Å². The van der Waals surface area contributed by atoms with Crippen molar-refractivity contribution in [3.05, 3.63) is 141 Å². The van der Waals surface area contributed by atoms with E-state index in [1.54, 1.807) is 17.0 Å². The predicted molar refractivity (Wildman–Crippen MR) is 280 cm³/mol. The molecule has 13 nitrogen and oxygen atoms in total. The van der Waals surface area contributed by atoms with Crippen LogP contribution < -0.4 is 28.9 Å². The highest BCUT2D eigenvalue weighted by atomic mass is 32.2. The normalized spacial score (nSPS) is 18.2. The molecule has 3 atom stereocenters. The fourth-order valence-electron chi connectivity index (χ4n) is 10.8. The average Bonchev–Trinajstić information content (AvgIpc) is 3.85. The van der Waals surface area contributed by atoms with Crippen LogP contribution in [0.3, 0.4) is 0 Å². The summed E-state index contributed by atoms with van der Waals surface area (Å²) < 4.78 is 65.5. The number of hydrogen-bond acceptors (Lipinski definition) is 11. The Morgan fingerprint density at radius 3 is 2.03 bits per heavy atom. The molecule has 0 aromatic heterocycles. The van der Waals surface area contributed by atoms with E-state index in [-0.39, 0.29) is 42.2 Å². The average molecular weight is 1000 g/mol. The minimum absolute atomic E-state index is 0.0332. The Balaban J connectivity index is 1.01. The number of amides is 2. The lowest BCUT2D eigenvalue weighted by Gasteiger charge is -2.32. The molecule has 4 aliphatic heterocycles. The van der Waals surface area contributed by atoms with Crippen LogP contribution in [0.2, 0.25) is 0 Å². The Hall–Kier alpha value is -5.58. The van der Waals surface area contributed by atoms with E-state index in [4.69, 9.17) is 36.3 Å². The van der Waals surface area contributed by atoms with Crippen molar-refractivity contribution in [2.24, 2.45) is 5.92 Å². The summed E-state index contributed by atoms with van der Waals surface area (Å²) in [6.07, 6.45) is 4.12. The third-order valence-electron chi connectivity index (χ3n) is 14.0. The molecular weight excluding hydrogens is 939 g/mol. The van der Waals surface area contributed by atoms with Crippen LogP contribution in [0.5, 0.6) is 17.2 Å². The molecule has 2 amide bonds. The van der Waals surface area contributed by atoms with Gasteiger partial charge in [0.05, 0.1) is 32.7 Å². The molecule has 5 aromatic carbocycles. The number of benzene rings is 5. The van der Waals surface area contributed by atoms with Crippen LogP contribution in [0.1, 0.15) is 93.3 Å². The van der Waals surface area contributed by atoms with Crippen molar-refractivity contribution in [1.29, 1.82) is 0 Å². The second kappa shape index (κ2) is 21.3. The highest BCUT2D eigenvalue weighted by molar-refractivity contribution is 7.85. The maximum atomic E-state index is 14.5. The smallest absolute Gasteiger partial charge is 0.265 e. The molecule has 0 fully saturated rings. The number of carbonyl (C=O) groups is 2. The molecule has 4 aliphatic rings. The van der Waals surface area contributed by atoms with Crippen molar-refractivity contribution < 1.29 is 46.2 Å². The predicted octanol–water partition coefficient (Wildman–Crippen LogP) is 9.27. The van der Waals surface area contributed by atoms with Gasteiger partial charge in [-0.1, -0.05) is 43.3 Å². The van der Waals surface area contributed by atoms with Crippen molar-refractivity contribution in [3.8, 4) is 17.2 Å². The van der Waals surface area contributed by atoms with Crippen LogP contribution in [-0.2, 0) is 58.5 Å². The molecule has 5 aromatic rings. The summed E-state index contributed by atoms with van der Waals surface area (Å²) >= 11 is 4.95. The quantitative estimate of drug-likeness (QED) is 0.0438. The van der Waals surface area contributed by atoms with Gasteiger partial charge in [-0.3, -0.25) is 14.1 Å². The third kappa shape index (κ3) is 11.4. The van der Waals surface area contributed by atoms with Gasteiger partial charge in [-0.15, -0.1) is 0 Å². The molecule has 0 bridgehead atoms. The molecule has 376 valence electrons. The molecule has 1 unspecified atom stereocenters. The second-order valence-corrected chi connectivity index (χ2v) is 22.7. The molecule has 0 saturated carbocycles. The number of para-hydroxylation sites is 2. The van der Waals surface area contributed by atoms with Crippen molar-refractivity contribution >= 4 is 51.6 Å². The number of anilines is 3. The summed E-state index contributed by atoms with van der Waals surface area (Å²) in [6.45, 7) is 11.9. The molecule has 0 saturated heterocycles. The molecule has 1 N–H and O–H groups in total. The molecular formula is C56H65N3O10S2. The standard InChI is InChI=1S/C56H65N3O10S2/c1-6-18-66-20-21-67-19-17-57(35-56(3,4)70)45-24-37(32-68-51-29-39-15-16-44-27-40-11-7-9-13-48(40)58(44)54(60)46(39)22-36(51)2)23-38(25-45)33-69-53-30-42-26-43(34-71(62,63)64)50-28-41-12-8-10-14-49(41)59(50)55(61)47(42)31-52(53)65-5/h7-14,22-25,29-31,43-44,50,70H,6,15-21,26-28,32-35H2,1-5H3,(H,62,63,64)/t43?,44-,50+/m1/s1. The molecule has 0 radical (unpaired) electrons. The fraction of sp³-hybridized carbons (Fsp3) is 0.429. The van der Waals surface area contributed by atoms with Gasteiger partial charge < -0.3 is 38.4 Å². The lowest BCUT2D eigenvalue weighted by molar-refractivity contribution is 0.0505. The van der Waals surface area contributed by atoms with Gasteiger partial charge in [0.25, 0.3) is 21.9 Å². The maximum absolute atomic E-state index is 14.5. The molecule has 4 heterocycles. The van der Waals surface area contributed by atoms with Gasteiger partial charge in [0, 0.05) is 70.6 Å². The Labute approximate surface area is 423 Å². The first kappa shape index (κ1) is 50.4. The fourth-order valence-corrected chi connectivity index (χ4v) is 11.9. The summed E-state index contributed by atoms with van der Waals surface area (Å²) in [5.41, 5.74) is 10.1. The number of fused-ring (bicyclic) bond motifs is 8. The summed E-state index contributed by atoms with van der Waals surface area (Å²) in [5, 5.41) is 0. The van der Waals surface area contributed by atoms with Gasteiger partial charge in [0.1, 0.15) is 19.0 Å². The Morgan fingerprint density at radius 1 is 0.732 bits per heavy atom. The van der Waals surface area contributed by atoms with Crippen LogP contribution in [0.15, 0.2) is 91.0 Å². The van der Waals surface area contributed by atoms with Crippen molar-refractivity contribution in [2.75, 3.05) is 67.1 Å². The zero-order valence-electron chi connectivity index (χ0n) is 41.3. The Bertz CT molecular complexity index is 2900. The number of rotatable bonds is 20. The van der Waals surface area contributed by atoms with E-state index >= 15 is 0 Å². The van der Waals surface area contributed by atoms with Crippen molar-refractivity contribution in [3.63, 3.8) is 0 Å². The first-order valence-corrected chi connectivity index (χ1v) is 26.8. The van der Waals surface area contributed by atoms with Gasteiger partial charge in [-0.25, -0.2) is 0 Å². The van der Waals surface area contributed by atoms with Crippen LogP contribution in [0, 0.1) is 12.8 Å². The lowest BCUT2D eigenvalue weighted by Crippen LogP contribution is -2.43. The van der Waals surface area contributed by atoms with E-state index in [9.17, 15) is 22.6 Å². The highest BCUT2D eigenvalue weighted by Gasteiger charge is 2.44. The van der Waals surface area contributed by atoms with Gasteiger partial charge >= 0.3 is 0 Å². The van der Waals surface area contributed by atoms with Crippen LogP contribution in [0.25, 0.3) is 0 Å². The number of nitrogens with zero attached hydrogens (tertiary/aromatic N) is 3. The Kier molecular flexibility index (Phi) is 15.1. The van der Waals surface area contributed by atoms with E-state index < -0.39 is 27.8 Å². The minimum Gasteiger partial charge on any atom is -0.493 e. The topological polar surface area (TPSA) is 144 Å². The summed E-state index contributed by atoms with van der Waals surface area (Å²) in [6, 6.07) is 29.2. The SMILES string of the molecule is CCCOCCOCCN(CC(C)(C)S)c1cc(COc2cc3c(cc2C)C(=O)N2c4ccccc4C[C@H]2CC3)cc(COc2cc3c(cc2OC)C(=O)N2c4ccccc4C[C@H]2C(CS(=O)(=O)O)C3)c1. The second-order valence-electron chi connectivity index (χ2n) is 20.0. The number of aryl methyl sites for hydroxylation is 2. The van der Waals surface area contributed by atoms with Gasteiger partial charge in [-0.05, 0) is 153 Å². The summed E-state index contributed by atoms with van der Waals surface area (Å²) in [7, 11) is -2.85. The third-order valence-corrected chi connectivity index (χ3v) is 15.0. The summed E-state index contributed by atoms with van der Waals surface area (Å²) in [5.74, 6) is 0.151. The summed E-state index contributed by atoms with van der Waals surface area (Å²) in [4.78, 5) is 34.6. The largest absolute Gasteiger partial charge is 0.493 e. The van der Waals surface area contributed by atoms with Crippen molar-refractivity contribution in [2.45, 2.75) is 96.3 Å². The number of ether oxygens (including phenoxy) is 5. The molecule has 15 heteroatoms.